The Balaban J connectivity index is 2.05. The first-order valence-corrected chi connectivity index (χ1v) is 8.21. The fourth-order valence-electron chi connectivity index (χ4n) is 2.63. The summed E-state index contributed by atoms with van der Waals surface area (Å²) >= 11 is 0. The normalized spacial score (nSPS) is 23.3. The van der Waals surface area contributed by atoms with Crippen LogP contribution in [0.1, 0.15) is 52.9 Å². The molecule has 0 aromatic carbocycles. The van der Waals surface area contributed by atoms with Crippen molar-refractivity contribution in [3.05, 3.63) is 0 Å². The lowest BCUT2D eigenvalue weighted by Crippen LogP contribution is -2.43. The molecule has 1 aliphatic rings. The molecule has 2 unspecified atom stereocenters. The molecule has 1 rings (SSSR count). The number of carbonyl (C=O) groups excluding carboxylic acids is 1. The second-order valence-electron chi connectivity index (χ2n) is 6.52. The molecule has 0 aromatic heterocycles. The number of nitrogens with zero attached hydrogens (tertiary/aromatic N) is 1. The van der Waals surface area contributed by atoms with Gasteiger partial charge in [0.1, 0.15) is 0 Å². The summed E-state index contributed by atoms with van der Waals surface area (Å²) in [6.45, 7) is 9.64. The summed E-state index contributed by atoms with van der Waals surface area (Å²) in [6.07, 6.45) is 5.33. The topological polar surface area (TPSA) is 44.4 Å². The average molecular weight is 283 g/mol. The highest BCUT2D eigenvalue weighted by molar-refractivity contribution is 5.76. The lowest BCUT2D eigenvalue weighted by molar-refractivity contribution is -0.122. The molecule has 1 heterocycles. The molecule has 0 saturated carbocycles. The molecular weight excluding hydrogens is 250 g/mol. The van der Waals surface area contributed by atoms with Crippen LogP contribution in [0.4, 0.5) is 0 Å². The van der Waals surface area contributed by atoms with Crippen molar-refractivity contribution >= 4 is 5.91 Å². The molecule has 1 fully saturated rings. The van der Waals surface area contributed by atoms with E-state index < -0.39 is 0 Å². The Morgan fingerprint density at radius 1 is 1.40 bits per heavy atom. The molecule has 1 aliphatic heterocycles. The van der Waals surface area contributed by atoms with Gasteiger partial charge in [-0.2, -0.15) is 0 Å². The standard InChI is InChI=1S/C16H33N3O/c1-13(2)19(4)11-6-5-9-18-16(20)12-15-14(3)8-7-10-17-15/h13-15,17H,5-12H2,1-4H3,(H,18,20). The summed E-state index contributed by atoms with van der Waals surface area (Å²) < 4.78 is 0. The van der Waals surface area contributed by atoms with Crippen molar-refractivity contribution < 1.29 is 4.79 Å². The number of nitrogens with one attached hydrogen (secondary N) is 2. The number of amides is 1. The Morgan fingerprint density at radius 3 is 2.80 bits per heavy atom. The zero-order chi connectivity index (χ0) is 15.0. The molecule has 0 radical (unpaired) electrons. The highest BCUT2D eigenvalue weighted by Crippen LogP contribution is 2.17. The minimum Gasteiger partial charge on any atom is -0.356 e. The summed E-state index contributed by atoms with van der Waals surface area (Å²) in [6, 6.07) is 0.972. The minimum atomic E-state index is 0.202. The van der Waals surface area contributed by atoms with Crippen LogP contribution in [0.5, 0.6) is 0 Å². The first kappa shape index (κ1) is 17.4. The minimum absolute atomic E-state index is 0.202. The maximum absolute atomic E-state index is 11.9. The smallest absolute Gasteiger partial charge is 0.221 e. The first-order chi connectivity index (χ1) is 9.50. The Bertz CT molecular complexity index is 281. The van der Waals surface area contributed by atoms with Gasteiger partial charge in [0.25, 0.3) is 0 Å². The third-order valence-electron chi connectivity index (χ3n) is 4.48. The quantitative estimate of drug-likeness (QED) is 0.670. The van der Waals surface area contributed by atoms with Gasteiger partial charge in [0.05, 0.1) is 0 Å². The Labute approximate surface area is 124 Å². The molecular formula is C16H33N3O. The van der Waals surface area contributed by atoms with E-state index in [9.17, 15) is 4.79 Å². The lowest BCUT2D eigenvalue weighted by Gasteiger charge is -2.29. The zero-order valence-electron chi connectivity index (χ0n) is 13.7. The highest BCUT2D eigenvalue weighted by Gasteiger charge is 2.22. The van der Waals surface area contributed by atoms with Gasteiger partial charge in [-0.3, -0.25) is 4.79 Å². The SMILES string of the molecule is CC1CCCNC1CC(=O)NCCCCN(C)C(C)C. The third kappa shape index (κ3) is 6.71. The molecule has 4 heteroatoms. The number of hydrogen-bond acceptors (Lipinski definition) is 3. The van der Waals surface area contributed by atoms with E-state index in [4.69, 9.17) is 0 Å². The van der Waals surface area contributed by atoms with E-state index in [0.717, 1.165) is 32.5 Å². The number of rotatable bonds is 8. The summed E-state index contributed by atoms with van der Waals surface area (Å²) in [5.74, 6) is 0.822. The van der Waals surface area contributed by atoms with Gasteiger partial charge < -0.3 is 15.5 Å². The maximum atomic E-state index is 11.9. The van der Waals surface area contributed by atoms with Gasteiger partial charge in [0.2, 0.25) is 5.91 Å². The largest absolute Gasteiger partial charge is 0.356 e. The van der Waals surface area contributed by atoms with Gasteiger partial charge in [0, 0.05) is 25.0 Å². The second-order valence-corrected chi connectivity index (χ2v) is 6.52. The van der Waals surface area contributed by atoms with Gasteiger partial charge in [-0.15, -0.1) is 0 Å². The van der Waals surface area contributed by atoms with Gasteiger partial charge in [-0.05, 0) is 65.6 Å². The van der Waals surface area contributed by atoms with Crippen LogP contribution in [-0.2, 0) is 4.79 Å². The van der Waals surface area contributed by atoms with Gasteiger partial charge >= 0.3 is 0 Å². The van der Waals surface area contributed by atoms with Crippen LogP contribution in [0.2, 0.25) is 0 Å². The van der Waals surface area contributed by atoms with E-state index in [1.54, 1.807) is 0 Å². The molecule has 0 aromatic rings. The second kappa shape index (κ2) is 9.35. The number of unbranched alkanes of at least 4 members (excludes halogenated alkanes) is 1. The Morgan fingerprint density at radius 2 is 2.15 bits per heavy atom. The van der Waals surface area contributed by atoms with Crippen LogP contribution in [0.25, 0.3) is 0 Å². The summed E-state index contributed by atoms with van der Waals surface area (Å²) in [5.41, 5.74) is 0. The molecule has 4 nitrogen and oxygen atoms in total. The fourth-order valence-corrected chi connectivity index (χ4v) is 2.63. The van der Waals surface area contributed by atoms with E-state index in [2.05, 4.69) is 43.4 Å². The molecule has 2 N–H and O–H groups in total. The highest BCUT2D eigenvalue weighted by atomic mass is 16.1. The molecule has 0 spiro atoms. The molecule has 1 saturated heterocycles. The van der Waals surface area contributed by atoms with Crippen molar-refractivity contribution in [2.75, 3.05) is 26.7 Å². The number of carbonyl (C=O) groups is 1. The molecule has 0 bridgehead atoms. The molecule has 1 amide bonds. The average Bonchev–Trinajstić information content (AvgIpc) is 2.40. The lowest BCUT2D eigenvalue weighted by atomic mass is 9.90. The van der Waals surface area contributed by atoms with E-state index in [0.29, 0.717) is 24.4 Å². The van der Waals surface area contributed by atoms with Crippen molar-refractivity contribution in [2.24, 2.45) is 5.92 Å². The molecule has 2 atom stereocenters. The first-order valence-electron chi connectivity index (χ1n) is 8.21. The van der Waals surface area contributed by atoms with Crippen molar-refractivity contribution in [3.8, 4) is 0 Å². The summed E-state index contributed by atoms with van der Waals surface area (Å²) in [4.78, 5) is 14.2. The Hall–Kier alpha value is -0.610. The van der Waals surface area contributed by atoms with Crippen LogP contribution in [0, 0.1) is 5.92 Å². The van der Waals surface area contributed by atoms with E-state index in [-0.39, 0.29) is 5.91 Å². The van der Waals surface area contributed by atoms with Crippen molar-refractivity contribution in [1.29, 1.82) is 0 Å². The van der Waals surface area contributed by atoms with E-state index in [1.807, 2.05) is 0 Å². The van der Waals surface area contributed by atoms with Crippen molar-refractivity contribution in [3.63, 3.8) is 0 Å². The monoisotopic (exact) mass is 283 g/mol. The van der Waals surface area contributed by atoms with Crippen LogP contribution < -0.4 is 10.6 Å². The van der Waals surface area contributed by atoms with Gasteiger partial charge in [0.15, 0.2) is 0 Å². The van der Waals surface area contributed by atoms with Crippen LogP contribution >= 0.6 is 0 Å². The number of piperidine rings is 1. The summed E-state index contributed by atoms with van der Waals surface area (Å²) in [5, 5.41) is 6.52. The van der Waals surface area contributed by atoms with E-state index >= 15 is 0 Å². The third-order valence-corrected chi connectivity index (χ3v) is 4.48. The molecule has 0 aliphatic carbocycles. The molecule has 20 heavy (non-hydrogen) atoms. The zero-order valence-corrected chi connectivity index (χ0v) is 13.7. The predicted molar refractivity (Wildman–Crippen MR) is 84.8 cm³/mol. The van der Waals surface area contributed by atoms with E-state index in [1.165, 1.54) is 12.8 Å². The Kier molecular flexibility index (Phi) is 8.15. The molecule has 118 valence electrons. The number of hydrogen-bond donors (Lipinski definition) is 2. The maximum Gasteiger partial charge on any atom is 0.221 e. The summed E-state index contributed by atoms with van der Waals surface area (Å²) in [7, 11) is 2.15. The predicted octanol–water partition coefficient (Wildman–Crippen LogP) is 2.00. The van der Waals surface area contributed by atoms with Crippen LogP contribution in [0.15, 0.2) is 0 Å². The fraction of sp³-hybridized carbons (Fsp3) is 0.938. The van der Waals surface area contributed by atoms with Gasteiger partial charge in [-0.1, -0.05) is 6.92 Å². The van der Waals surface area contributed by atoms with Crippen LogP contribution in [-0.4, -0.2) is 49.6 Å². The van der Waals surface area contributed by atoms with Crippen molar-refractivity contribution in [1.82, 2.24) is 15.5 Å². The van der Waals surface area contributed by atoms with Crippen molar-refractivity contribution in [2.45, 2.75) is 65.0 Å². The van der Waals surface area contributed by atoms with Gasteiger partial charge in [-0.25, -0.2) is 0 Å². The van der Waals surface area contributed by atoms with Crippen LogP contribution in [0.3, 0.4) is 0 Å².